The Morgan fingerprint density at radius 2 is 2.00 bits per heavy atom. The van der Waals surface area contributed by atoms with Crippen LogP contribution in [-0.2, 0) is 11.3 Å². The highest BCUT2D eigenvalue weighted by Crippen LogP contribution is 2.23. The van der Waals surface area contributed by atoms with Gasteiger partial charge in [0.25, 0.3) is 0 Å². The van der Waals surface area contributed by atoms with Gasteiger partial charge in [-0.15, -0.1) is 0 Å². The first kappa shape index (κ1) is 18.5. The Morgan fingerprint density at radius 1 is 1.19 bits per heavy atom. The maximum Gasteiger partial charge on any atom is 0.124 e. The molecule has 0 bridgehead atoms. The molecule has 0 saturated carbocycles. The number of ether oxygens (including phenoxy) is 2. The van der Waals surface area contributed by atoms with Crippen molar-refractivity contribution in [1.82, 2.24) is 4.90 Å². The number of hydrogen-bond acceptors (Lipinski definition) is 5. The zero-order valence-corrected chi connectivity index (χ0v) is 15.3. The molecule has 5 nitrogen and oxygen atoms in total. The van der Waals surface area contributed by atoms with Crippen LogP contribution in [0, 0.1) is 11.3 Å². The number of benzene rings is 2. The highest BCUT2D eigenvalue weighted by molar-refractivity contribution is 6.32. The molecule has 2 aromatic carbocycles. The summed E-state index contributed by atoms with van der Waals surface area (Å²) < 4.78 is 11.4. The van der Waals surface area contributed by atoms with Crippen molar-refractivity contribution in [3.05, 3.63) is 58.6 Å². The average Bonchev–Trinajstić information content (AvgIpc) is 2.68. The van der Waals surface area contributed by atoms with Gasteiger partial charge >= 0.3 is 0 Å². The Hall–Kier alpha value is -2.26. The number of nitrogens with zero attached hydrogens (tertiary/aromatic N) is 2. The molecule has 3 rings (SSSR count). The molecule has 6 heteroatoms. The summed E-state index contributed by atoms with van der Waals surface area (Å²) in [5, 5.41) is 12.7. The molecular weight excluding hydrogens is 350 g/mol. The average molecular weight is 372 g/mol. The van der Waals surface area contributed by atoms with Crippen LogP contribution in [0.3, 0.4) is 0 Å². The normalized spacial score (nSPS) is 14.6. The van der Waals surface area contributed by atoms with Crippen molar-refractivity contribution in [2.75, 3.05) is 44.8 Å². The molecule has 1 saturated heterocycles. The Morgan fingerprint density at radius 3 is 2.77 bits per heavy atom. The molecule has 0 atom stereocenters. The molecule has 1 heterocycles. The Balaban J connectivity index is 1.55. The summed E-state index contributed by atoms with van der Waals surface area (Å²) in [7, 11) is 0. The van der Waals surface area contributed by atoms with Crippen LogP contribution in [0.15, 0.2) is 42.5 Å². The zero-order valence-electron chi connectivity index (χ0n) is 14.6. The van der Waals surface area contributed by atoms with E-state index in [9.17, 15) is 0 Å². The fourth-order valence-electron chi connectivity index (χ4n) is 2.81. The van der Waals surface area contributed by atoms with E-state index in [1.807, 2.05) is 30.3 Å². The third-order valence-electron chi connectivity index (χ3n) is 4.31. The number of morpholine rings is 1. The summed E-state index contributed by atoms with van der Waals surface area (Å²) in [6, 6.07) is 15.4. The minimum atomic E-state index is 0.451. The minimum absolute atomic E-state index is 0.451. The van der Waals surface area contributed by atoms with Gasteiger partial charge in [0.1, 0.15) is 18.4 Å². The summed E-state index contributed by atoms with van der Waals surface area (Å²) in [4.78, 5) is 2.35. The quantitative estimate of drug-likeness (QED) is 0.806. The Bertz CT molecular complexity index is 770. The van der Waals surface area contributed by atoms with E-state index in [1.54, 1.807) is 12.1 Å². The fraction of sp³-hybridized carbons (Fsp3) is 0.350. The van der Waals surface area contributed by atoms with Crippen molar-refractivity contribution in [3.8, 4) is 11.8 Å². The van der Waals surface area contributed by atoms with Crippen LogP contribution in [0.4, 0.5) is 5.69 Å². The Kier molecular flexibility index (Phi) is 6.73. The van der Waals surface area contributed by atoms with Gasteiger partial charge < -0.3 is 14.8 Å². The Labute approximate surface area is 159 Å². The molecule has 0 amide bonds. The van der Waals surface area contributed by atoms with Crippen LogP contribution < -0.4 is 10.1 Å². The zero-order chi connectivity index (χ0) is 18.2. The highest BCUT2D eigenvalue weighted by Gasteiger charge is 2.10. The number of para-hydroxylation sites is 1. The number of rotatable bonds is 7. The van der Waals surface area contributed by atoms with E-state index in [1.165, 1.54) is 0 Å². The van der Waals surface area contributed by atoms with Crippen molar-refractivity contribution in [1.29, 1.82) is 5.26 Å². The molecule has 1 aliphatic rings. The van der Waals surface area contributed by atoms with Gasteiger partial charge in [-0.05, 0) is 24.3 Å². The molecule has 1 aliphatic heterocycles. The first-order valence-corrected chi connectivity index (χ1v) is 9.08. The summed E-state index contributed by atoms with van der Waals surface area (Å²) in [5.74, 6) is 0.882. The second-order valence-electron chi connectivity index (χ2n) is 6.07. The van der Waals surface area contributed by atoms with Crippen LogP contribution >= 0.6 is 11.6 Å². The maximum absolute atomic E-state index is 8.95. The van der Waals surface area contributed by atoms with Gasteiger partial charge in [0.2, 0.25) is 0 Å². The second-order valence-corrected chi connectivity index (χ2v) is 6.48. The molecule has 2 aromatic rings. The molecule has 1 fully saturated rings. The molecule has 0 unspecified atom stereocenters. The summed E-state index contributed by atoms with van der Waals surface area (Å²) in [5.41, 5.74) is 2.43. The van der Waals surface area contributed by atoms with E-state index >= 15 is 0 Å². The van der Waals surface area contributed by atoms with E-state index in [2.05, 4.69) is 16.3 Å². The highest BCUT2D eigenvalue weighted by atomic mass is 35.5. The van der Waals surface area contributed by atoms with Gasteiger partial charge in [0, 0.05) is 37.4 Å². The minimum Gasteiger partial charge on any atom is -0.492 e. The molecule has 0 aromatic heterocycles. The predicted molar refractivity (Wildman–Crippen MR) is 103 cm³/mol. The summed E-state index contributed by atoms with van der Waals surface area (Å²) >= 11 is 6.08. The van der Waals surface area contributed by atoms with Gasteiger partial charge in [0.05, 0.1) is 23.8 Å². The number of anilines is 1. The first-order chi connectivity index (χ1) is 12.8. The topological polar surface area (TPSA) is 57.5 Å². The number of nitriles is 1. The molecule has 26 heavy (non-hydrogen) atoms. The largest absolute Gasteiger partial charge is 0.492 e. The monoisotopic (exact) mass is 371 g/mol. The summed E-state index contributed by atoms with van der Waals surface area (Å²) in [6.45, 7) is 5.70. The van der Waals surface area contributed by atoms with E-state index in [-0.39, 0.29) is 0 Å². The lowest BCUT2D eigenvalue weighted by atomic mass is 10.2. The van der Waals surface area contributed by atoms with Crippen molar-refractivity contribution in [3.63, 3.8) is 0 Å². The smallest absolute Gasteiger partial charge is 0.124 e. The number of halogens is 1. The van der Waals surface area contributed by atoms with Crippen molar-refractivity contribution in [2.45, 2.75) is 6.54 Å². The molecule has 1 N–H and O–H groups in total. The third-order valence-corrected chi connectivity index (χ3v) is 4.63. The van der Waals surface area contributed by atoms with Crippen molar-refractivity contribution >= 4 is 17.3 Å². The van der Waals surface area contributed by atoms with Crippen molar-refractivity contribution in [2.24, 2.45) is 0 Å². The fourth-order valence-corrected chi connectivity index (χ4v) is 3.04. The van der Waals surface area contributed by atoms with Crippen LogP contribution in [0.25, 0.3) is 0 Å². The lowest BCUT2D eigenvalue weighted by Crippen LogP contribution is -2.38. The van der Waals surface area contributed by atoms with E-state index in [0.717, 1.165) is 49.8 Å². The second kappa shape index (κ2) is 9.44. The molecule has 0 spiro atoms. The predicted octanol–water partition coefficient (Wildman–Crippen LogP) is 3.53. The van der Waals surface area contributed by atoms with Crippen LogP contribution in [0.5, 0.6) is 5.75 Å². The number of hydrogen-bond donors (Lipinski definition) is 1. The van der Waals surface area contributed by atoms with Gasteiger partial charge in [-0.1, -0.05) is 29.8 Å². The van der Waals surface area contributed by atoms with Crippen LogP contribution in [-0.4, -0.2) is 44.4 Å². The third kappa shape index (κ3) is 5.12. The van der Waals surface area contributed by atoms with Crippen molar-refractivity contribution < 1.29 is 9.47 Å². The van der Waals surface area contributed by atoms with E-state index in [4.69, 9.17) is 26.3 Å². The molecule has 0 radical (unpaired) electrons. The standard InChI is InChI=1S/C20H22ClN3O2/c21-19-13-18(6-5-16(19)14-22)23-15-17-3-1-2-4-20(17)26-12-9-24-7-10-25-11-8-24/h1-6,13,23H,7-12,15H2. The van der Waals surface area contributed by atoms with E-state index < -0.39 is 0 Å². The van der Waals surface area contributed by atoms with Gasteiger partial charge in [-0.25, -0.2) is 0 Å². The molecule has 136 valence electrons. The van der Waals surface area contributed by atoms with Crippen LogP contribution in [0.2, 0.25) is 5.02 Å². The SMILES string of the molecule is N#Cc1ccc(NCc2ccccc2OCCN2CCOCC2)cc1Cl. The van der Waals surface area contributed by atoms with Gasteiger partial charge in [-0.2, -0.15) is 5.26 Å². The van der Waals surface area contributed by atoms with E-state index in [0.29, 0.717) is 23.7 Å². The maximum atomic E-state index is 8.95. The lowest BCUT2D eigenvalue weighted by Gasteiger charge is -2.26. The number of nitrogens with one attached hydrogen (secondary N) is 1. The first-order valence-electron chi connectivity index (χ1n) is 8.70. The van der Waals surface area contributed by atoms with Gasteiger partial charge in [-0.3, -0.25) is 4.90 Å². The molecular formula is C20H22ClN3O2. The summed E-state index contributed by atoms with van der Waals surface area (Å²) in [6.07, 6.45) is 0. The van der Waals surface area contributed by atoms with Gasteiger partial charge in [0.15, 0.2) is 0 Å². The lowest BCUT2D eigenvalue weighted by molar-refractivity contribution is 0.0322. The molecule has 0 aliphatic carbocycles. The van der Waals surface area contributed by atoms with Crippen LogP contribution in [0.1, 0.15) is 11.1 Å².